The number of halogens is 1. The van der Waals surface area contributed by atoms with Crippen LogP contribution in [0.3, 0.4) is 0 Å². The number of esters is 1. The van der Waals surface area contributed by atoms with Crippen LogP contribution in [0.2, 0.25) is 0 Å². The first kappa shape index (κ1) is 15.4. The maximum absolute atomic E-state index is 12.1. The molecule has 0 atom stereocenters. The van der Waals surface area contributed by atoms with E-state index < -0.39 is 11.6 Å². The van der Waals surface area contributed by atoms with Crippen LogP contribution in [0.4, 0.5) is 0 Å². The molecule has 6 heteroatoms. The number of nitrogens with zero attached hydrogens (tertiary/aromatic N) is 1. The van der Waals surface area contributed by atoms with E-state index in [9.17, 15) is 9.59 Å². The van der Waals surface area contributed by atoms with Crippen molar-refractivity contribution in [2.24, 2.45) is 0 Å². The molecule has 1 aromatic carbocycles. The first-order chi connectivity index (χ1) is 11.1. The van der Waals surface area contributed by atoms with Crippen molar-refractivity contribution in [2.45, 2.75) is 6.42 Å². The second-order valence-electron chi connectivity index (χ2n) is 4.84. The molecule has 5 nitrogen and oxygen atoms in total. The molecule has 0 aliphatic heterocycles. The van der Waals surface area contributed by atoms with E-state index in [1.807, 2.05) is 18.2 Å². The van der Waals surface area contributed by atoms with E-state index in [1.54, 1.807) is 24.4 Å². The zero-order valence-corrected chi connectivity index (χ0v) is 13.6. The van der Waals surface area contributed by atoms with Crippen LogP contribution in [0, 0.1) is 0 Å². The average Bonchev–Trinajstić information content (AvgIpc) is 2.55. The van der Waals surface area contributed by atoms with Gasteiger partial charge in [-0.1, -0.05) is 22.0 Å². The summed E-state index contributed by atoms with van der Waals surface area (Å²) < 4.78 is 11.1. The molecule has 116 valence electrons. The number of hydrogen-bond acceptors (Lipinski definition) is 5. The third kappa shape index (κ3) is 3.65. The van der Waals surface area contributed by atoms with Gasteiger partial charge in [0.25, 0.3) is 0 Å². The summed E-state index contributed by atoms with van der Waals surface area (Å²) in [5.74, 6) is -0.698. The maximum atomic E-state index is 12.1. The molecule has 0 N–H and O–H groups in total. The number of fused-ring (bicyclic) bond motifs is 1. The normalized spacial score (nSPS) is 10.7. The van der Waals surface area contributed by atoms with Gasteiger partial charge in [-0.15, -0.1) is 0 Å². The van der Waals surface area contributed by atoms with E-state index in [0.29, 0.717) is 17.4 Å². The molecule has 0 saturated heterocycles. The third-order valence-electron chi connectivity index (χ3n) is 3.23. The van der Waals surface area contributed by atoms with Crippen LogP contribution in [0.5, 0.6) is 0 Å². The van der Waals surface area contributed by atoms with Crippen LogP contribution in [0.15, 0.2) is 62.3 Å². The first-order valence-electron chi connectivity index (χ1n) is 6.94. The molecule has 0 fully saturated rings. The highest BCUT2D eigenvalue weighted by Crippen LogP contribution is 2.19. The molecule has 3 rings (SSSR count). The summed E-state index contributed by atoms with van der Waals surface area (Å²) in [4.78, 5) is 28.1. The predicted molar refractivity (Wildman–Crippen MR) is 88.4 cm³/mol. The summed E-state index contributed by atoms with van der Waals surface area (Å²) in [6.07, 6.45) is 2.16. The Kier molecular flexibility index (Phi) is 4.52. The van der Waals surface area contributed by atoms with Gasteiger partial charge in [0.15, 0.2) is 0 Å². The van der Waals surface area contributed by atoms with E-state index in [1.165, 1.54) is 6.07 Å². The van der Waals surface area contributed by atoms with Crippen LogP contribution in [0.25, 0.3) is 11.0 Å². The van der Waals surface area contributed by atoms with Gasteiger partial charge in [0.2, 0.25) is 0 Å². The number of ether oxygens (including phenoxy) is 1. The zero-order valence-electron chi connectivity index (χ0n) is 12.0. The second kappa shape index (κ2) is 6.75. The predicted octanol–water partition coefficient (Wildman–Crippen LogP) is 3.35. The Morgan fingerprint density at radius 2 is 2.09 bits per heavy atom. The minimum absolute atomic E-state index is 0.114. The SMILES string of the molecule is O=C(OCCc1ccccn1)c1cc2cc(Br)ccc2oc1=O. The van der Waals surface area contributed by atoms with E-state index >= 15 is 0 Å². The Morgan fingerprint density at radius 3 is 2.87 bits per heavy atom. The van der Waals surface area contributed by atoms with Gasteiger partial charge in [0.1, 0.15) is 11.1 Å². The molecular weight excluding hydrogens is 362 g/mol. The Morgan fingerprint density at radius 1 is 1.22 bits per heavy atom. The van der Waals surface area contributed by atoms with Crippen molar-refractivity contribution in [1.82, 2.24) is 4.98 Å². The Bertz CT molecular complexity index is 905. The average molecular weight is 374 g/mol. The largest absolute Gasteiger partial charge is 0.461 e. The molecule has 3 aromatic rings. The van der Waals surface area contributed by atoms with E-state index in [2.05, 4.69) is 20.9 Å². The zero-order chi connectivity index (χ0) is 16.2. The minimum Gasteiger partial charge on any atom is -0.461 e. The van der Waals surface area contributed by atoms with Crippen molar-refractivity contribution < 1.29 is 13.9 Å². The number of rotatable bonds is 4. The van der Waals surface area contributed by atoms with Gasteiger partial charge in [-0.2, -0.15) is 0 Å². The first-order valence-corrected chi connectivity index (χ1v) is 7.73. The number of carbonyl (C=O) groups excluding carboxylic acids is 1. The molecule has 0 aliphatic carbocycles. The molecule has 23 heavy (non-hydrogen) atoms. The van der Waals surface area contributed by atoms with Crippen LogP contribution < -0.4 is 5.63 Å². The monoisotopic (exact) mass is 373 g/mol. The lowest BCUT2D eigenvalue weighted by molar-refractivity contribution is 0.0504. The Labute approximate surface area is 140 Å². The summed E-state index contributed by atoms with van der Waals surface area (Å²) in [5, 5.41) is 0.649. The van der Waals surface area contributed by atoms with Crippen LogP contribution in [-0.4, -0.2) is 17.6 Å². The molecule has 0 aliphatic rings. The quantitative estimate of drug-likeness (QED) is 0.518. The van der Waals surface area contributed by atoms with Crippen LogP contribution in [-0.2, 0) is 11.2 Å². The van der Waals surface area contributed by atoms with E-state index in [-0.39, 0.29) is 12.2 Å². The smallest absolute Gasteiger partial charge is 0.351 e. The summed E-state index contributed by atoms with van der Waals surface area (Å²) in [5.41, 5.74) is 0.414. The maximum Gasteiger partial charge on any atom is 0.351 e. The van der Waals surface area contributed by atoms with Crippen molar-refractivity contribution >= 4 is 32.9 Å². The molecule has 0 spiro atoms. The van der Waals surface area contributed by atoms with Crippen molar-refractivity contribution in [3.05, 3.63) is 74.8 Å². The fourth-order valence-corrected chi connectivity index (χ4v) is 2.49. The summed E-state index contributed by atoms with van der Waals surface area (Å²) in [7, 11) is 0. The molecular formula is C17H12BrNO4. The van der Waals surface area contributed by atoms with E-state index in [4.69, 9.17) is 9.15 Å². The lowest BCUT2D eigenvalue weighted by atomic mass is 10.2. The molecule has 2 heterocycles. The summed E-state index contributed by atoms with van der Waals surface area (Å²) in [6.45, 7) is 0.145. The number of carbonyl (C=O) groups is 1. The topological polar surface area (TPSA) is 69.4 Å². The van der Waals surface area contributed by atoms with Gasteiger partial charge in [-0.05, 0) is 36.4 Å². The van der Waals surface area contributed by atoms with Gasteiger partial charge in [-0.3, -0.25) is 4.98 Å². The Balaban J connectivity index is 1.75. The van der Waals surface area contributed by atoms with Crippen LogP contribution >= 0.6 is 15.9 Å². The minimum atomic E-state index is -0.706. The molecule has 0 radical (unpaired) electrons. The van der Waals surface area contributed by atoms with Gasteiger partial charge >= 0.3 is 11.6 Å². The highest BCUT2D eigenvalue weighted by atomic mass is 79.9. The third-order valence-corrected chi connectivity index (χ3v) is 3.72. The highest BCUT2D eigenvalue weighted by molar-refractivity contribution is 9.10. The fourth-order valence-electron chi connectivity index (χ4n) is 2.11. The van der Waals surface area contributed by atoms with Gasteiger partial charge < -0.3 is 9.15 Å². The standard InChI is InChI=1S/C17H12BrNO4/c18-12-4-5-15-11(9-12)10-14(17(21)23-15)16(20)22-8-6-13-3-1-2-7-19-13/h1-5,7,9-10H,6,8H2. The number of hydrogen-bond donors (Lipinski definition) is 0. The van der Waals surface area contributed by atoms with Crippen molar-refractivity contribution in [3.63, 3.8) is 0 Å². The molecule has 0 amide bonds. The van der Waals surface area contributed by atoms with Gasteiger partial charge in [0, 0.05) is 28.2 Å². The summed E-state index contributed by atoms with van der Waals surface area (Å²) >= 11 is 3.34. The molecule has 2 aromatic heterocycles. The molecule has 0 unspecified atom stereocenters. The number of aromatic nitrogens is 1. The van der Waals surface area contributed by atoms with Crippen molar-refractivity contribution in [1.29, 1.82) is 0 Å². The Hall–Kier alpha value is -2.47. The number of pyridine rings is 1. The van der Waals surface area contributed by atoms with Gasteiger partial charge in [0.05, 0.1) is 6.61 Å². The highest BCUT2D eigenvalue weighted by Gasteiger charge is 2.15. The van der Waals surface area contributed by atoms with Crippen LogP contribution in [0.1, 0.15) is 16.1 Å². The van der Waals surface area contributed by atoms with Crippen molar-refractivity contribution in [2.75, 3.05) is 6.61 Å². The fraction of sp³-hybridized carbons (Fsp3) is 0.118. The van der Waals surface area contributed by atoms with Crippen molar-refractivity contribution in [3.8, 4) is 0 Å². The lowest BCUT2D eigenvalue weighted by Crippen LogP contribution is -2.17. The molecule has 0 bridgehead atoms. The lowest BCUT2D eigenvalue weighted by Gasteiger charge is -2.05. The summed E-state index contributed by atoms with van der Waals surface area (Å²) in [6, 6.07) is 12.2. The number of benzene rings is 1. The molecule has 0 saturated carbocycles. The second-order valence-corrected chi connectivity index (χ2v) is 5.75. The van der Waals surface area contributed by atoms with E-state index in [0.717, 1.165) is 10.2 Å². The van der Waals surface area contributed by atoms with Gasteiger partial charge in [-0.25, -0.2) is 9.59 Å².